The molecule has 0 spiro atoms. The second-order valence-corrected chi connectivity index (χ2v) is 6.02. The highest BCUT2D eigenvalue weighted by Gasteiger charge is 2.11. The third kappa shape index (κ3) is 4.30. The van der Waals surface area contributed by atoms with Crippen molar-refractivity contribution in [1.82, 2.24) is 0 Å². The van der Waals surface area contributed by atoms with Gasteiger partial charge in [-0.05, 0) is 35.9 Å². The number of hydrogen-bond acceptors (Lipinski definition) is 4. The van der Waals surface area contributed by atoms with Gasteiger partial charge >= 0.3 is 0 Å². The van der Waals surface area contributed by atoms with Gasteiger partial charge in [-0.25, -0.2) is 0 Å². The summed E-state index contributed by atoms with van der Waals surface area (Å²) in [7, 11) is 3.24. The molecule has 0 aliphatic heterocycles. The van der Waals surface area contributed by atoms with Gasteiger partial charge in [0, 0.05) is 21.7 Å². The van der Waals surface area contributed by atoms with Gasteiger partial charge in [0.2, 0.25) is 0 Å². The number of rotatable bonds is 6. The Morgan fingerprint density at radius 2 is 1.86 bits per heavy atom. The van der Waals surface area contributed by atoms with Crippen molar-refractivity contribution in [3.05, 3.63) is 53.1 Å². The van der Waals surface area contributed by atoms with E-state index in [1.165, 1.54) is 0 Å². The Morgan fingerprint density at radius 3 is 2.52 bits per heavy atom. The molecule has 0 amide bonds. The molecular formula is C16H18ClNO2S. The van der Waals surface area contributed by atoms with Crippen molar-refractivity contribution < 1.29 is 9.47 Å². The molecule has 0 heterocycles. The largest absolute Gasteiger partial charge is 0.493 e. The highest BCUT2D eigenvalue weighted by Crippen LogP contribution is 2.31. The maximum atomic E-state index is 6.25. The first-order valence-corrected chi connectivity index (χ1v) is 7.86. The Hall–Kier alpha value is -1.36. The molecule has 2 aromatic rings. The second-order valence-electron chi connectivity index (χ2n) is 4.49. The molecule has 1 atom stereocenters. The summed E-state index contributed by atoms with van der Waals surface area (Å²) in [5.41, 5.74) is 7.26. The Morgan fingerprint density at radius 1 is 1.10 bits per heavy atom. The molecule has 5 heteroatoms. The average Bonchev–Trinajstić information content (AvgIpc) is 2.52. The monoisotopic (exact) mass is 323 g/mol. The summed E-state index contributed by atoms with van der Waals surface area (Å²) >= 11 is 7.65. The minimum atomic E-state index is -0.0891. The lowest BCUT2D eigenvalue weighted by Gasteiger charge is -2.15. The molecule has 0 bridgehead atoms. The van der Waals surface area contributed by atoms with Crippen molar-refractivity contribution >= 4 is 23.4 Å². The number of thioether (sulfide) groups is 1. The minimum Gasteiger partial charge on any atom is -0.493 e. The van der Waals surface area contributed by atoms with E-state index in [-0.39, 0.29) is 6.04 Å². The molecule has 21 heavy (non-hydrogen) atoms. The van der Waals surface area contributed by atoms with Gasteiger partial charge in [-0.1, -0.05) is 23.7 Å². The van der Waals surface area contributed by atoms with Crippen LogP contribution in [0.15, 0.2) is 47.4 Å². The molecular weight excluding hydrogens is 306 g/mol. The van der Waals surface area contributed by atoms with Crippen LogP contribution in [-0.4, -0.2) is 20.0 Å². The summed E-state index contributed by atoms with van der Waals surface area (Å²) in [6.07, 6.45) is 0. The van der Waals surface area contributed by atoms with E-state index < -0.39 is 0 Å². The standard InChI is InChI=1S/C16H18ClNO2S/c1-19-15-7-6-11(8-16(15)20-2)14(18)10-21-13-5-3-4-12(17)9-13/h3-9,14H,10,18H2,1-2H3. The van der Waals surface area contributed by atoms with Crippen LogP contribution >= 0.6 is 23.4 Å². The fraction of sp³-hybridized carbons (Fsp3) is 0.250. The van der Waals surface area contributed by atoms with Crippen molar-refractivity contribution in [3.8, 4) is 11.5 Å². The number of nitrogens with two attached hydrogens (primary N) is 1. The van der Waals surface area contributed by atoms with Crippen LogP contribution in [0.2, 0.25) is 5.02 Å². The molecule has 0 radical (unpaired) electrons. The van der Waals surface area contributed by atoms with Gasteiger partial charge in [0.05, 0.1) is 14.2 Å². The van der Waals surface area contributed by atoms with E-state index in [0.29, 0.717) is 11.5 Å². The van der Waals surface area contributed by atoms with Gasteiger partial charge in [-0.2, -0.15) is 0 Å². The number of benzene rings is 2. The Bertz CT molecular complexity index is 607. The summed E-state index contributed by atoms with van der Waals surface area (Å²) < 4.78 is 10.5. The molecule has 0 aliphatic rings. The third-order valence-corrected chi connectivity index (χ3v) is 4.41. The molecule has 0 saturated carbocycles. The lowest BCUT2D eigenvalue weighted by molar-refractivity contribution is 0.354. The lowest BCUT2D eigenvalue weighted by atomic mass is 10.1. The third-order valence-electron chi connectivity index (χ3n) is 3.06. The van der Waals surface area contributed by atoms with Crippen LogP contribution in [0.5, 0.6) is 11.5 Å². The molecule has 2 N–H and O–H groups in total. The smallest absolute Gasteiger partial charge is 0.161 e. The Kier molecular flexibility index (Phi) is 5.79. The molecule has 2 rings (SSSR count). The first-order chi connectivity index (χ1) is 10.1. The van der Waals surface area contributed by atoms with Crippen molar-refractivity contribution in [1.29, 1.82) is 0 Å². The van der Waals surface area contributed by atoms with Crippen molar-refractivity contribution in [3.63, 3.8) is 0 Å². The Labute approximate surface area is 134 Å². The van der Waals surface area contributed by atoms with E-state index in [1.54, 1.807) is 26.0 Å². The van der Waals surface area contributed by atoms with Gasteiger partial charge in [-0.3, -0.25) is 0 Å². The molecule has 0 aliphatic carbocycles. The Balaban J connectivity index is 2.04. The quantitative estimate of drug-likeness (QED) is 0.811. The van der Waals surface area contributed by atoms with E-state index in [4.69, 9.17) is 26.8 Å². The fourth-order valence-electron chi connectivity index (χ4n) is 1.92. The molecule has 2 aromatic carbocycles. The van der Waals surface area contributed by atoms with E-state index >= 15 is 0 Å². The predicted molar refractivity (Wildman–Crippen MR) is 88.7 cm³/mol. The number of hydrogen-bond donors (Lipinski definition) is 1. The van der Waals surface area contributed by atoms with E-state index in [2.05, 4.69) is 0 Å². The number of methoxy groups -OCH3 is 2. The fourth-order valence-corrected chi connectivity index (χ4v) is 3.13. The van der Waals surface area contributed by atoms with Gasteiger partial charge in [0.25, 0.3) is 0 Å². The van der Waals surface area contributed by atoms with Gasteiger partial charge in [-0.15, -0.1) is 11.8 Å². The predicted octanol–water partition coefficient (Wildman–Crippen LogP) is 4.15. The van der Waals surface area contributed by atoms with Gasteiger partial charge in [0.15, 0.2) is 11.5 Å². The van der Waals surface area contributed by atoms with E-state index in [1.807, 2.05) is 42.5 Å². The zero-order valence-corrected chi connectivity index (χ0v) is 13.6. The molecule has 112 valence electrons. The van der Waals surface area contributed by atoms with Crippen LogP contribution < -0.4 is 15.2 Å². The second kappa shape index (κ2) is 7.59. The maximum absolute atomic E-state index is 6.25. The SMILES string of the molecule is COc1ccc(C(N)CSc2cccc(Cl)c2)cc1OC. The zero-order chi connectivity index (χ0) is 15.2. The molecule has 0 saturated heterocycles. The van der Waals surface area contributed by atoms with Crippen LogP contribution in [0.4, 0.5) is 0 Å². The molecule has 1 unspecified atom stereocenters. The summed E-state index contributed by atoms with van der Waals surface area (Å²) in [6.45, 7) is 0. The summed E-state index contributed by atoms with van der Waals surface area (Å²) in [5, 5.41) is 0.736. The van der Waals surface area contributed by atoms with Gasteiger partial charge in [0.1, 0.15) is 0 Å². The average molecular weight is 324 g/mol. The summed E-state index contributed by atoms with van der Waals surface area (Å²) in [4.78, 5) is 1.11. The van der Waals surface area contributed by atoms with Crippen LogP contribution in [-0.2, 0) is 0 Å². The van der Waals surface area contributed by atoms with Crippen molar-refractivity contribution in [2.45, 2.75) is 10.9 Å². The van der Waals surface area contributed by atoms with Crippen LogP contribution in [0.25, 0.3) is 0 Å². The summed E-state index contributed by atoms with van der Waals surface area (Å²) in [6, 6.07) is 13.4. The highest BCUT2D eigenvalue weighted by molar-refractivity contribution is 7.99. The van der Waals surface area contributed by atoms with Gasteiger partial charge < -0.3 is 15.2 Å². The maximum Gasteiger partial charge on any atom is 0.161 e. The number of ether oxygens (including phenoxy) is 2. The highest BCUT2D eigenvalue weighted by atomic mass is 35.5. The lowest BCUT2D eigenvalue weighted by Crippen LogP contribution is -2.13. The first-order valence-electron chi connectivity index (χ1n) is 6.50. The molecule has 3 nitrogen and oxygen atoms in total. The topological polar surface area (TPSA) is 44.5 Å². The minimum absolute atomic E-state index is 0.0891. The van der Waals surface area contributed by atoms with Crippen LogP contribution in [0.1, 0.15) is 11.6 Å². The van der Waals surface area contributed by atoms with Crippen LogP contribution in [0.3, 0.4) is 0 Å². The molecule has 0 fully saturated rings. The van der Waals surface area contributed by atoms with Crippen molar-refractivity contribution in [2.24, 2.45) is 5.73 Å². The summed E-state index contributed by atoms with van der Waals surface area (Å²) in [5.74, 6) is 2.16. The number of halogens is 1. The van der Waals surface area contributed by atoms with Crippen molar-refractivity contribution in [2.75, 3.05) is 20.0 Å². The normalized spacial score (nSPS) is 12.0. The van der Waals surface area contributed by atoms with Crippen LogP contribution in [0, 0.1) is 0 Å². The molecule has 0 aromatic heterocycles. The zero-order valence-electron chi connectivity index (χ0n) is 12.0. The van der Waals surface area contributed by atoms with E-state index in [0.717, 1.165) is 21.2 Å². The van der Waals surface area contributed by atoms with E-state index in [9.17, 15) is 0 Å². The first kappa shape index (κ1) is 16.0.